The molecule has 3 heteroatoms. The minimum Gasteiger partial charge on any atom is -0.497 e. The number of carbonyl (C=O) groups excluding carboxylic acids is 1. The summed E-state index contributed by atoms with van der Waals surface area (Å²) < 4.78 is 6.18. The Morgan fingerprint density at radius 1 is 1.32 bits per heavy atom. The van der Waals surface area contributed by atoms with Crippen LogP contribution in [-0.2, 0) is 11.2 Å². The lowest BCUT2D eigenvalue weighted by Crippen LogP contribution is -2.07. The highest BCUT2D eigenvalue weighted by molar-refractivity contribution is 9.10. The van der Waals surface area contributed by atoms with E-state index in [9.17, 15) is 4.79 Å². The Morgan fingerprint density at radius 2 is 2.16 bits per heavy atom. The van der Waals surface area contributed by atoms with Crippen LogP contribution >= 0.6 is 15.9 Å². The number of methoxy groups -OCH3 is 1. The number of hydrogen-bond acceptors (Lipinski definition) is 2. The molecule has 0 aliphatic heterocycles. The van der Waals surface area contributed by atoms with Crippen LogP contribution in [0.2, 0.25) is 0 Å². The highest BCUT2D eigenvalue weighted by atomic mass is 79.9. The number of rotatable bonds is 4. The first kappa shape index (κ1) is 14.3. The first-order valence-electron chi connectivity index (χ1n) is 6.75. The van der Waals surface area contributed by atoms with Crippen molar-refractivity contribution < 1.29 is 9.53 Å². The molecule has 0 aromatic heterocycles. The van der Waals surface area contributed by atoms with Crippen LogP contribution < -0.4 is 4.74 Å². The number of Topliss-reactive ketones (excluding diaryl/α,β-unsaturated/α-hetero) is 1. The van der Waals surface area contributed by atoms with Gasteiger partial charge in [0.25, 0.3) is 0 Å². The first-order chi connectivity index (χ1) is 9.20. The van der Waals surface area contributed by atoms with E-state index in [1.165, 1.54) is 12.8 Å². The van der Waals surface area contributed by atoms with Gasteiger partial charge in [0.05, 0.1) is 7.11 Å². The number of hydrogen-bond donors (Lipinski definition) is 0. The predicted molar refractivity (Wildman–Crippen MR) is 80.6 cm³/mol. The van der Waals surface area contributed by atoms with Crippen molar-refractivity contribution in [2.45, 2.75) is 38.5 Å². The Hall–Kier alpha value is -1.09. The fourth-order valence-corrected chi connectivity index (χ4v) is 2.76. The van der Waals surface area contributed by atoms with Crippen LogP contribution in [0.5, 0.6) is 5.75 Å². The summed E-state index contributed by atoms with van der Waals surface area (Å²) in [6.45, 7) is 0. The second-order valence-electron chi connectivity index (χ2n) is 4.89. The zero-order valence-electron chi connectivity index (χ0n) is 11.2. The number of allylic oxidation sites excluding steroid dienone is 2. The average Bonchev–Trinajstić information content (AvgIpc) is 2.70. The molecule has 102 valence electrons. The van der Waals surface area contributed by atoms with Gasteiger partial charge in [-0.2, -0.15) is 0 Å². The molecule has 0 N–H and O–H groups in total. The molecular weight excluding hydrogens is 304 g/mol. The molecule has 0 amide bonds. The van der Waals surface area contributed by atoms with E-state index < -0.39 is 0 Å². The van der Waals surface area contributed by atoms with Gasteiger partial charge in [0.15, 0.2) is 5.78 Å². The van der Waals surface area contributed by atoms with E-state index in [-0.39, 0.29) is 5.78 Å². The maximum Gasteiger partial charge on any atom is 0.162 e. The molecule has 19 heavy (non-hydrogen) atoms. The molecule has 0 fully saturated rings. The van der Waals surface area contributed by atoms with Crippen molar-refractivity contribution in [3.63, 3.8) is 0 Å². The van der Waals surface area contributed by atoms with E-state index in [4.69, 9.17) is 4.74 Å². The normalized spacial score (nSPS) is 15.6. The smallest absolute Gasteiger partial charge is 0.162 e. The molecule has 0 saturated heterocycles. The molecule has 0 spiro atoms. The molecule has 0 radical (unpaired) electrons. The van der Waals surface area contributed by atoms with Crippen LogP contribution in [0.4, 0.5) is 0 Å². The van der Waals surface area contributed by atoms with Crippen molar-refractivity contribution in [1.29, 1.82) is 0 Å². The Bertz CT molecular complexity index is 492. The fraction of sp³-hybridized carbons (Fsp3) is 0.438. The monoisotopic (exact) mass is 322 g/mol. The Morgan fingerprint density at radius 3 is 2.95 bits per heavy atom. The maximum atomic E-state index is 12.3. The third kappa shape index (κ3) is 3.93. The maximum absolute atomic E-state index is 12.3. The lowest BCUT2D eigenvalue weighted by molar-refractivity contribution is -0.115. The second-order valence-corrected chi connectivity index (χ2v) is 5.74. The van der Waals surface area contributed by atoms with E-state index in [0.717, 1.165) is 40.6 Å². The van der Waals surface area contributed by atoms with Gasteiger partial charge in [0, 0.05) is 10.9 Å². The molecule has 0 bridgehead atoms. The molecular formula is C16H19BrO2. The van der Waals surface area contributed by atoms with Gasteiger partial charge in [-0.3, -0.25) is 4.79 Å². The van der Waals surface area contributed by atoms with Crippen molar-refractivity contribution in [1.82, 2.24) is 0 Å². The van der Waals surface area contributed by atoms with Gasteiger partial charge in [-0.05, 0) is 55.0 Å². The third-order valence-corrected chi connectivity index (χ3v) is 4.28. The number of ketones is 1. The molecule has 1 aromatic carbocycles. The SMILES string of the molecule is COc1ccc(Br)c(CC(=O)C2=CCCCCC2)c1. The van der Waals surface area contributed by atoms with Crippen LogP contribution in [0.15, 0.2) is 34.3 Å². The van der Waals surface area contributed by atoms with E-state index in [1.54, 1.807) is 7.11 Å². The molecule has 0 unspecified atom stereocenters. The van der Waals surface area contributed by atoms with Gasteiger partial charge in [0.2, 0.25) is 0 Å². The zero-order valence-corrected chi connectivity index (χ0v) is 12.8. The summed E-state index contributed by atoms with van der Waals surface area (Å²) in [4.78, 5) is 12.3. The van der Waals surface area contributed by atoms with Crippen LogP contribution in [0.1, 0.15) is 37.7 Å². The molecule has 0 atom stereocenters. The van der Waals surface area contributed by atoms with E-state index in [0.29, 0.717) is 6.42 Å². The zero-order chi connectivity index (χ0) is 13.7. The van der Waals surface area contributed by atoms with E-state index in [2.05, 4.69) is 22.0 Å². The summed E-state index contributed by atoms with van der Waals surface area (Å²) in [5.74, 6) is 1.04. The third-order valence-electron chi connectivity index (χ3n) is 3.50. The molecule has 1 aromatic rings. The summed E-state index contributed by atoms with van der Waals surface area (Å²) in [6, 6.07) is 5.76. The number of ether oxygens (including phenoxy) is 1. The van der Waals surface area contributed by atoms with Gasteiger partial charge < -0.3 is 4.74 Å². The highest BCUT2D eigenvalue weighted by Gasteiger charge is 2.14. The summed E-state index contributed by atoms with van der Waals surface area (Å²) in [7, 11) is 1.64. The largest absolute Gasteiger partial charge is 0.497 e. The minimum atomic E-state index is 0.246. The first-order valence-corrected chi connectivity index (χ1v) is 7.54. The second kappa shape index (κ2) is 6.90. The molecule has 2 rings (SSSR count). The van der Waals surface area contributed by atoms with Crippen molar-refractivity contribution in [2.24, 2.45) is 0 Å². The molecule has 1 aliphatic rings. The van der Waals surface area contributed by atoms with Crippen molar-refractivity contribution in [2.75, 3.05) is 7.11 Å². The molecule has 0 heterocycles. The van der Waals surface area contributed by atoms with Gasteiger partial charge >= 0.3 is 0 Å². The number of benzene rings is 1. The number of carbonyl (C=O) groups is 1. The fourth-order valence-electron chi connectivity index (χ4n) is 2.37. The van der Waals surface area contributed by atoms with Gasteiger partial charge in [-0.1, -0.05) is 28.4 Å². The molecule has 0 saturated carbocycles. The van der Waals surface area contributed by atoms with Crippen LogP contribution in [-0.4, -0.2) is 12.9 Å². The topological polar surface area (TPSA) is 26.3 Å². The van der Waals surface area contributed by atoms with Crippen LogP contribution in [0, 0.1) is 0 Å². The predicted octanol–water partition coefficient (Wildman–Crippen LogP) is 4.46. The average molecular weight is 323 g/mol. The Kier molecular flexibility index (Phi) is 5.20. The molecule has 2 nitrogen and oxygen atoms in total. The lowest BCUT2D eigenvalue weighted by atomic mass is 9.99. The summed E-state index contributed by atoms with van der Waals surface area (Å²) in [5, 5.41) is 0. The van der Waals surface area contributed by atoms with Gasteiger partial charge in [0.1, 0.15) is 5.75 Å². The minimum absolute atomic E-state index is 0.246. The van der Waals surface area contributed by atoms with Crippen LogP contribution in [0.3, 0.4) is 0 Å². The summed E-state index contributed by atoms with van der Waals surface area (Å²) >= 11 is 3.50. The quantitative estimate of drug-likeness (QED) is 0.818. The van der Waals surface area contributed by atoms with Gasteiger partial charge in [-0.25, -0.2) is 0 Å². The van der Waals surface area contributed by atoms with Crippen molar-refractivity contribution in [3.8, 4) is 5.75 Å². The van der Waals surface area contributed by atoms with Crippen molar-refractivity contribution in [3.05, 3.63) is 39.9 Å². The standard InChI is InChI=1S/C16H19BrO2/c1-19-14-8-9-15(17)13(10-14)11-16(18)12-6-4-2-3-5-7-12/h6,8-10H,2-5,7,11H2,1H3. The molecule has 1 aliphatic carbocycles. The van der Waals surface area contributed by atoms with E-state index in [1.807, 2.05) is 18.2 Å². The van der Waals surface area contributed by atoms with Gasteiger partial charge in [-0.15, -0.1) is 0 Å². The Balaban J connectivity index is 2.11. The van der Waals surface area contributed by atoms with Crippen LogP contribution in [0.25, 0.3) is 0 Å². The number of halogens is 1. The lowest BCUT2D eigenvalue weighted by Gasteiger charge is -2.08. The van der Waals surface area contributed by atoms with E-state index >= 15 is 0 Å². The van der Waals surface area contributed by atoms with Crippen molar-refractivity contribution >= 4 is 21.7 Å². The summed E-state index contributed by atoms with van der Waals surface area (Å²) in [6.07, 6.45) is 8.13. The Labute approximate surface area is 123 Å². The summed E-state index contributed by atoms with van der Waals surface area (Å²) in [5.41, 5.74) is 2.00. The highest BCUT2D eigenvalue weighted by Crippen LogP contribution is 2.25.